The maximum atomic E-state index is 14.4. The van der Waals surface area contributed by atoms with Gasteiger partial charge in [0.1, 0.15) is 6.29 Å². The molecule has 0 fully saturated rings. The number of nitrogens with zero attached hydrogens (tertiary/aromatic N) is 2. The number of sulfonamides is 1. The van der Waals surface area contributed by atoms with Gasteiger partial charge in [0, 0.05) is 33.8 Å². The van der Waals surface area contributed by atoms with Gasteiger partial charge in [-0.2, -0.15) is 4.31 Å². The lowest BCUT2D eigenvalue weighted by molar-refractivity contribution is -0.108. The SMILES string of the molecule is CC(C)Oc1ccc(S(=O)(=O)N2CC=C(c3cn(CC=O)c4cc(I)ccc34)CC2)cc1F. The molecule has 33 heavy (non-hydrogen) atoms. The number of aldehydes is 1. The van der Waals surface area contributed by atoms with Crippen LogP contribution in [0.25, 0.3) is 16.5 Å². The van der Waals surface area contributed by atoms with E-state index in [0.29, 0.717) is 6.42 Å². The van der Waals surface area contributed by atoms with E-state index < -0.39 is 15.8 Å². The Hall–Kier alpha value is -2.24. The van der Waals surface area contributed by atoms with E-state index >= 15 is 0 Å². The highest BCUT2D eigenvalue weighted by Crippen LogP contribution is 2.33. The molecular formula is C24H24FIN2O4S. The molecule has 6 nitrogen and oxygen atoms in total. The fourth-order valence-electron chi connectivity index (χ4n) is 4.01. The van der Waals surface area contributed by atoms with Gasteiger partial charge in [-0.1, -0.05) is 12.1 Å². The van der Waals surface area contributed by atoms with Crippen LogP contribution in [0.2, 0.25) is 0 Å². The second-order valence-corrected chi connectivity index (χ2v) is 11.3. The molecule has 3 aromatic rings. The topological polar surface area (TPSA) is 68.6 Å². The van der Waals surface area contributed by atoms with Gasteiger partial charge in [0.05, 0.1) is 23.1 Å². The Morgan fingerprint density at radius 1 is 1.21 bits per heavy atom. The highest BCUT2D eigenvalue weighted by atomic mass is 127. The van der Waals surface area contributed by atoms with Crippen LogP contribution in [0.4, 0.5) is 4.39 Å². The highest BCUT2D eigenvalue weighted by Gasteiger charge is 2.28. The van der Waals surface area contributed by atoms with E-state index in [4.69, 9.17) is 4.74 Å². The zero-order chi connectivity index (χ0) is 23.8. The third-order valence-electron chi connectivity index (χ3n) is 5.54. The summed E-state index contributed by atoms with van der Waals surface area (Å²) < 4.78 is 50.3. The minimum Gasteiger partial charge on any atom is -0.488 e. The molecule has 0 unspecified atom stereocenters. The van der Waals surface area contributed by atoms with Gasteiger partial charge in [0.2, 0.25) is 10.0 Å². The summed E-state index contributed by atoms with van der Waals surface area (Å²) in [5.74, 6) is -0.665. The number of aromatic nitrogens is 1. The van der Waals surface area contributed by atoms with Crippen LogP contribution in [0, 0.1) is 9.39 Å². The maximum Gasteiger partial charge on any atom is 0.243 e. The first-order valence-corrected chi connectivity index (χ1v) is 13.1. The zero-order valence-corrected chi connectivity index (χ0v) is 21.3. The third kappa shape index (κ3) is 4.85. The second-order valence-electron chi connectivity index (χ2n) is 8.12. The van der Waals surface area contributed by atoms with Crippen LogP contribution in [0.3, 0.4) is 0 Å². The van der Waals surface area contributed by atoms with Crippen molar-refractivity contribution in [3.8, 4) is 5.75 Å². The van der Waals surface area contributed by atoms with Crippen molar-refractivity contribution in [1.82, 2.24) is 8.87 Å². The van der Waals surface area contributed by atoms with E-state index in [0.717, 1.165) is 38.0 Å². The Morgan fingerprint density at radius 2 is 2.00 bits per heavy atom. The van der Waals surface area contributed by atoms with Crippen molar-refractivity contribution in [2.45, 2.75) is 37.8 Å². The van der Waals surface area contributed by atoms with Crippen LogP contribution in [-0.4, -0.2) is 42.8 Å². The molecule has 0 amide bonds. The standard InChI is InChI=1S/C24H24FIN2O4S/c1-16(2)32-24-6-4-19(14-22(24)25)33(30,31)28-9-7-17(8-10-28)21-15-27(11-12-29)23-13-18(26)3-5-20(21)23/h3-7,12-16H,8-11H2,1-2H3. The summed E-state index contributed by atoms with van der Waals surface area (Å²) in [6.07, 6.45) is 5.01. The average Bonchev–Trinajstić information content (AvgIpc) is 3.12. The number of carbonyl (C=O) groups is 1. The summed E-state index contributed by atoms with van der Waals surface area (Å²) in [6, 6.07) is 9.83. The minimum atomic E-state index is -3.85. The van der Waals surface area contributed by atoms with Crippen LogP contribution in [0.15, 0.2) is 53.6 Å². The first kappa shape index (κ1) is 23.9. The number of hydrogen-bond donors (Lipinski definition) is 0. The molecule has 9 heteroatoms. The summed E-state index contributed by atoms with van der Waals surface area (Å²) in [4.78, 5) is 11.0. The first-order chi connectivity index (χ1) is 15.7. The van der Waals surface area contributed by atoms with Gasteiger partial charge in [-0.15, -0.1) is 0 Å². The molecule has 0 spiro atoms. The minimum absolute atomic E-state index is 0.0335. The van der Waals surface area contributed by atoms with Crippen LogP contribution in [-0.2, 0) is 21.4 Å². The second kappa shape index (κ2) is 9.55. The van der Waals surface area contributed by atoms with Gasteiger partial charge in [0.15, 0.2) is 11.6 Å². The average molecular weight is 582 g/mol. The largest absolute Gasteiger partial charge is 0.488 e. The smallest absolute Gasteiger partial charge is 0.243 e. The van der Waals surface area contributed by atoms with E-state index in [1.165, 1.54) is 16.4 Å². The normalized spacial score (nSPS) is 15.1. The summed E-state index contributed by atoms with van der Waals surface area (Å²) in [7, 11) is -3.85. The number of fused-ring (bicyclic) bond motifs is 1. The molecule has 0 radical (unpaired) electrons. The fourth-order valence-corrected chi connectivity index (χ4v) is 5.87. The Balaban J connectivity index is 1.60. The van der Waals surface area contributed by atoms with Gasteiger partial charge in [-0.25, -0.2) is 12.8 Å². The molecule has 0 atom stereocenters. The maximum absolute atomic E-state index is 14.4. The van der Waals surface area contributed by atoms with Crippen molar-refractivity contribution in [1.29, 1.82) is 0 Å². The lowest BCUT2D eigenvalue weighted by atomic mass is 10.00. The van der Waals surface area contributed by atoms with Gasteiger partial charge >= 0.3 is 0 Å². The molecule has 0 saturated carbocycles. The Morgan fingerprint density at radius 3 is 2.64 bits per heavy atom. The number of halogens is 2. The lowest BCUT2D eigenvalue weighted by Gasteiger charge is -2.26. The lowest BCUT2D eigenvalue weighted by Crippen LogP contribution is -2.34. The monoisotopic (exact) mass is 582 g/mol. The Labute approximate surface area is 206 Å². The summed E-state index contributed by atoms with van der Waals surface area (Å²) in [6.45, 7) is 4.28. The molecule has 174 valence electrons. The number of ether oxygens (including phenoxy) is 1. The van der Waals surface area contributed by atoms with Crippen LogP contribution < -0.4 is 4.74 Å². The summed E-state index contributed by atoms with van der Waals surface area (Å²) >= 11 is 2.24. The van der Waals surface area contributed by atoms with Gasteiger partial charge in [-0.3, -0.25) is 0 Å². The molecule has 2 aromatic carbocycles. The first-order valence-electron chi connectivity index (χ1n) is 10.6. The summed E-state index contributed by atoms with van der Waals surface area (Å²) in [5.41, 5.74) is 3.00. The Kier molecular flexibility index (Phi) is 6.92. The van der Waals surface area contributed by atoms with E-state index in [-0.39, 0.29) is 36.4 Å². The van der Waals surface area contributed by atoms with Crippen molar-refractivity contribution < 1.29 is 22.3 Å². The number of rotatable bonds is 7. The molecule has 0 bridgehead atoms. The van der Waals surface area contributed by atoms with Crippen LogP contribution in [0.1, 0.15) is 25.8 Å². The van der Waals surface area contributed by atoms with Gasteiger partial charge in [0.25, 0.3) is 0 Å². The number of benzene rings is 2. The van der Waals surface area contributed by atoms with Gasteiger partial charge in [-0.05, 0) is 78.8 Å². The van der Waals surface area contributed by atoms with Crippen molar-refractivity contribution in [2.24, 2.45) is 0 Å². The molecule has 1 aliphatic rings. The van der Waals surface area contributed by atoms with E-state index in [9.17, 15) is 17.6 Å². The molecule has 0 N–H and O–H groups in total. The third-order valence-corrected chi connectivity index (χ3v) is 8.07. The predicted molar refractivity (Wildman–Crippen MR) is 134 cm³/mol. The predicted octanol–water partition coefficient (Wildman–Crippen LogP) is 4.85. The molecule has 0 aliphatic carbocycles. The quantitative estimate of drug-likeness (QED) is 0.295. The van der Waals surface area contributed by atoms with E-state index in [2.05, 4.69) is 22.6 Å². The van der Waals surface area contributed by atoms with Crippen molar-refractivity contribution in [3.05, 3.63) is 63.6 Å². The fraction of sp³-hybridized carbons (Fsp3) is 0.292. The number of hydrogen-bond acceptors (Lipinski definition) is 4. The van der Waals surface area contributed by atoms with Gasteiger partial charge < -0.3 is 14.1 Å². The molecule has 0 saturated heterocycles. The summed E-state index contributed by atoms with van der Waals surface area (Å²) in [5, 5.41) is 1.03. The van der Waals surface area contributed by atoms with Crippen molar-refractivity contribution in [2.75, 3.05) is 13.1 Å². The molecule has 1 aromatic heterocycles. The Bertz CT molecular complexity index is 1350. The van der Waals surface area contributed by atoms with E-state index in [1.54, 1.807) is 13.8 Å². The molecule has 4 rings (SSSR count). The number of carbonyl (C=O) groups excluding carboxylic acids is 1. The van der Waals surface area contributed by atoms with Crippen molar-refractivity contribution in [3.63, 3.8) is 0 Å². The van der Waals surface area contributed by atoms with E-state index in [1.807, 2.05) is 35.0 Å². The van der Waals surface area contributed by atoms with Crippen molar-refractivity contribution >= 4 is 55.4 Å². The van der Waals surface area contributed by atoms with Crippen LogP contribution >= 0.6 is 22.6 Å². The van der Waals surface area contributed by atoms with Crippen LogP contribution in [0.5, 0.6) is 5.75 Å². The molecular weight excluding hydrogens is 558 g/mol. The zero-order valence-electron chi connectivity index (χ0n) is 18.3. The molecule has 2 heterocycles. The highest BCUT2D eigenvalue weighted by molar-refractivity contribution is 14.1. The molecule has 1 aliphatic heterocycles.